The van der Waals surface area contributed by atoms with Crippen LogP contribution in [-0.4, -0.2) is 94.1 Å². The quantitative estimate of drug-likeness (QED) is 0.794. The molecule has 0 bridgehead atoms. The minimum atomic E-state index is 0.0628. The summed E-state index contributed by atoms with van der Waals surface area (Å²) in [7, 11) is 0. The van der Waals surface area contributed by atoms with Gasteiger partial charge < -0.3 is 24.6 Å². The van der Waals surface area contributed by atoms with Crippen molar-refractivity contribution in [3.8, 4) is 0 Å². The first kappa shape index (κ1) is 21.4. The molecule has 2 atom stereocenters. The molecule has 0 saturated carbocycles. The Bertz CT molecular complexity index is 708. The van der Waals surface area contributed by atoms with Crippen LogP contribution in [0.1, 0.15) is 17.5 Å². The summed E-state index contributed by atoms with van der Waals surface area (Å²) < 4.78 is 11.2. The summed E-state index contributed by atoms with van der Waals surface area (Å²) in [5.74, 6) is 0.490. The van der Waals surface area contributed by atoms with Gasteiger partial charge in [-0.05, 0) is 37.5 Å². The number of carbonyl (C=O) groups is 1. The predicted molar refractivity (Wildman–Crippen MR) is 118 cm³/mol. The molecular formula is C23H36N4O3. The highest BCUT2D eigenvalue weighted by molar-refractivity contribution is 5.74. The lowest BCUT2D eigenvalue weighted by atomic mass is 9.97. The fraction of sp³-hybridized carbons (Fsp3) is 0.696. The fourth-order valence-corrected chi connectivity index (χ4v) is 4.89. The van der Waals surface area contributed by atoms with Gasteiger partial charge in [0.1, 0.15) is 0 Å². The molecule has 166 valence electrons. The van der Waals surface area contributed by atoms with E-state index in [1.807, 2.05) is 4.90 Å². The van der Waals surface area contributed by atoms with E-state index in [-0.39, 0.29) is 6.03 Å². The molecule has 3 fully saturated rings. The SMILES string of the molecule is Cc1cccc(N2CCN(C(=O)NCC(C3CCOC3)N3CCOCC3)CC2)c1C. The minimum absolute atomic E-state index is 0.0628. The predicted octanol–water partition coefficient (Wildman–Crippen LogP) is 1.87. The molecule has 3 aliphatic heterocycles. The van der Waals surface area contributed by atoms with Crippen LogP contribution in [0, 0.1) is 19.8 Å². The summed E-state index contributed by atoms with van der Waals surface area (Å²) in [5, 5.41) is 3.23. The summed E-state index contributed by atoms with van der Waals surface area (Å²) in [4.78, 5) is 19.7. The van der Waals surface area contributed by atoms with Crippen LogP contribution in [0.2, 0.25) is 0 Å². The Kier molecular flexibility index (Phi) is 7.12. The van der Waals surface area contributed by atoms with Crippen molar-refractivity contribution >= 4 is 11.7 Å². The van der Waals surface area contributed by atoms with Gasteiger partial charge in [0.25, 0.3) is 0 Å². The molecule has 3 aliphatic rings. The van der Waals surface area contributed by atoms with Crippen LogP contribution < -0.4 is 10.2 Å². The lowest BCUT2D eigenvalue weighted by Gasteiger charge is -2.39. The number of hydrogen-bond acceptors (Lipinski definition) is 5. The zero-order valence-corrected chi connectivity index (χ0v) is 18.4. The minimum Gasteiger partial charge on any atom is -0.381 e. The van der Waals surface area contributed by atoms with E-state index in [0.29, 0.717) is 18.5 Å². The van der Waals surface area contributed by atoms with E-state index in [1.165, 1.54) is 16.8 Å². The van der Waals surface area contributed by atoms with E-state index in [9.17, 15) is 4.79 Å². The number of nitrogens with one attached hydrogen (secondary N) is 1. The average molecular weight is 417 g/mol. The van der Waals surface area contributed by atoms with Gasteiger partial charge in [0.05, 0.1) is 19.8 Å². The van der Waals surface area contributed by atoms with Crippen molar-refractivity contribution in [1.82, 2.24) is 15.1 Å². The van der Waals surface area contributed by atoms with Crippen LogP contribution in [0.5, 0.6) is 0 Å². The molecule has 3 heterocycles. The van der Waals surface area contributed by atoms with E-state index >= 15 is 0 Å². The van der Waals surface area contributed by atoms with Gasteiger partial charge in [-0.3, -0.25) is 4.90 Å². The maximum Gasteiger partial charge on any atom is 0.317 e. The maximum atomic E-state index is 12.9. The molecule has 4 rings (SSSR count). The van der Waals surface area contributed by atoms with Crippen LogP contribution in [0.15, 0.2) is 18.2 Å². The van der Waals surface area contributed by atoms with Crippen LogP contribution >= 0.6 is 0 Å². The molecule has 7 nitrogen and oxygen atoms in total. The van der Waals surface area contributed by atoms with E-state index in [4.69, 9.17) is 9.47 Å². The topological polar surface area (TPSA) is 57.3 Å². The molecule has 1 aromatic carbocycles. The summed E-state index contributed by atoms with van der Waals surface area (Å²) in [6, 6.07) is 6.86. The Morgan fingerprint density at radius 3 is 2.53 bits per heavy atom. The zero-order chi connectivity index (χ0) is 20.9. The number of ether oxygens (including phenoxy) is 2. The van der Waals surface area contributed by atoms with Crippen LogP contribution in [-0.2, 0) is 9.47 Å². The third kappa shape index (κ3) is 4.90. The van der Waals surface area contributed by atoms with Crippen LogP contribution in [0.25, 0.3) is 0 Å². The third-order valence-electron chi connectivity index (χ3n) is 6.97. The van der Waals surface area contributed by atoms with Crippen molar-refractivity contribution < 1.29 is 14.3 Å². The Hall–Kier alpha value is -1.83. The van der Waals surface area contributed by atoms with E-state index in [0.717, 1.165) is 72.1 Å². The number of morpholine rings is 1. The number of benzene rings is 1. The van der Waals surface area contributed by atoms with Gasteiger partial charge in [-0.15, -0.1) is 0 Å². The first-order valence-electron chi connectivity index (χ1n) is 11.4. The number of rotatable bonds is 5. The van der Waals surface area contributed by atoms with Gasteiger partial charge >= 0.3 is 6.03 Å². The Morgan fingerprint density at radius 1 is 1.07 bits per heavy atom. The summed E-state index contributed by atoms with van der Waals surface area (Å²) >= 11 is 0. The van der Waals surface area contributed by atoms with Crippen LogP contribution in [0.4, 0.5) is 10.5 Å². The molecule has 30 heavy (non-hydrogen) atoms. The number of hydrogen-bond donors (Lipinski definition) is 1. The average Bonchev–Trinajstić information content (AvgIpc) is 3.31. The van der Waals surface area contributed by atoms with Gasteiger partial charge in [0.15, 0.2) is 0 Å². The summed E-state index contributed by atoms with van der Waals surface area (Å²) in [6.07, 6.45) is 1.08. The van der Waals surface area contributed by atoms with Crippen molar-refractivity contribution in [2.24, 2.45) is 5.92 Å². The second-order valence-corrected chi connectivity index (χ2v) is 8.72. The molecule has 0 radical (unpaired) electrons. The van der Waals surface area contributed by atoms with Gasteiger partial charge in [0, 0.05) is 70.1 Å². The molecule has 0 aromatic heterocycles. The highest BCUT2D eigenvalue weighted by atomic mass is 16.5. The smallest absolute Gasteiger partial charge is 0.317 e. The van der Waals surface area contributed by atoms with E-state index in [1.54, 1.807) is 0 Å². The van der Waals surface area contributed by atoms with E-state index < -0.39 is 0 Å². The lowest BCUT2D eigenvalue weighted by Crippen LogP contribution is -2.56. The maximum absolute atomic E-state index is 12.9. The molecule has 0 spiro atoms. The Balaban J connectivity index is 1.29. The largest absolute Gasteiger partial charge is 0.381 e. The molecule has 2 unspecified atom stereocenters. The number of amides is 2. The van der Waals surface area contributed by atoms with Crippen molar-refractivity contribution in [3.05, 3.63) is 29.3 Å². The van der Waals surface area contributed by atoms with Crippen molar-refractivity contribution in [2.75, 3.05) is 77.1 Å². The Labute approximate surface area is 180 Å². The van der Waals surface area contributed by atoms with Crippen molar-refractivity contribution in [2.45, 2.75) is 26.3 Å². The summed E-state index contributed by atoms with van der Waals surface area (Å²) in [5.41, 5.74) is 3.95. The second-order valence-electron chi connectivity index (χ2n) is 8.72. The van der Waals surface area contributed by atoms with Crippen LogP contribution in [0.3, 0.4) is 0 Å². The number of piperazine rings is 1. The number of carbonyl (C=O) groups excluding carboxylic acids is 1. The highest BCUT2D eigenvalue weighted by Gasteiger charge is 2.32. The standard InChI is InChI=1S/C23H36N4O3/c1-18-4-3-5-21(19(18)2)25-7-9-27(10-8-25)23(28)24-16-22(20-6-13-30-17-20)26-11-14-29-15-12-26/h3-5,20,22H,6-17H2,1-2H3,(H,24,28). The van der Waals surface area contributed by atoms with Crippen molar-refractivity contribution in [1.29, 1.82) is 0 Å². The van der Waals surface area contributed by atoms with Gasteiger partial charge in [-0.2, -0.15) is 0 Å². The molecule has 1 N–H and O–H groups in total. The lowest BCUT2D eigenvalue weighted by molar-refractivity contribution is 0.00185. The summed E-state index contributed by atoms with van der Waals surface area (Å²) in [6.45, 7) is 13.3. The molecule has 7 heteroatoms. The monoisotopic (exact) mass is 416 g/mol. The Morgan fingerprint density at radius 2 is 1.83 bits per heavy atom. The molecule has 3 saturated heterocycles. The second kappa shape index (κ2) is 9.98. The highest BCUT2D eigenvalue weighted by Crippen LogP contribution is 2.24. The first-order chi connectivity index (χ1) is 14.6. The third-order valence-corrected chi connectivity index (χ3v) is 6.97. The molecule has 1 aromatic rings. The molecule has 2 amide bonds. The first-order valence-corrected chi connectivity index (χ1v) is 11.4. The number of anilines is 1. The van der Waals surface area contributed by atoms with Crippen molar-refractivity contribution in [3.63, 3.8) is 0 Å². The number of urea groups is 1. The van der Waals surface area contributed by atoms with Gasteiger partial charge in [0.2, 0.25) is 0 Å². The normalized spacial score (nSPS) is 24.1. The molecule has 0 aliphatic carbocycles. The number of aryl methyl sites for hydroxylation is 1. The van der Waals surface area contributed by atoms with E-state index in [2.05, 4.69) is 47.2 Å². The molecular weight excluding hydrogens is 380 g/mol. The fourth-order valence-electron chi connectivity index (χ4n) is 4.89. The number of nitrogens with zero attached hydrogens (tertiary/aromatic N) is 3. The van der Waals surface area contributed by atoms with Gasteiger partial charge in [-0.25, -0.2) is 4.79 Å². The van der Waals surface area contributed by atoms with Gasteiger partial charge in [-0.1, -0.05) is 12.1 Å². The zero-order valence-electron chi connectivity index (χ0n) is 18.4.